The van der Waals surface area contributed by atoms with Gasteiger partial charge in [0.2, 0.25) is 0 Å². The quantitative estimate of drug-likeness (QED) is 0.501. The maximum absolute atomic E-state index is 12.4. The maximum atomic E-state index is 12.4. The van der Waals surface area contributed by atoms with E-state index in [1.807, 2.05) is 0 Å². The van der Waals surface area contributed by atoms with Gasteiger partial charge in [-0.05, 0) is 19.3 Å². The lowest BCUT2D eigenvalue weighted by Gasteiger charge is -2.23. The minimum atomic E-state index is -3.16. The van der Waals surface area contributed by atoms with Crippen LogP contribution in [-0.4, -0.2) is 30.9 Å². The fraction of sp³-hybridized carbons (Fsp3) is 0.818. The third-order valence-electron chi connectivity index (χ3n) is 2.46. The van der Waals surface area contributed by atoms with Crippen LogP contribution in [0.25, 0.3) is 0 Å². The van der Waals surface area contributed by atoms with E-state index in [4.69, 9.17) is 20.7 Å². The van der Waals surface area contributed by atoms with Crippen LogP contribution in [0.4, 0.5) is 0 Å². The fourth-order valence-corrected chi connectivity index (χ4v) is 3.58. The molecule has 0 bridgehead atoms. The number of nitrogens with zero attached hydrogens (tertiary/aromatic N) is 1. The molecule has 1 aliphatic rings. The van der Waals surface area contributed by atoms with Gasteiger partial charge in [-0.25, -0.2) is 4.62 Å². The van der Waals surface area contributed by atoms with Gasteiger partial charge in [0.25, 0.3) is 0 Å². The zero-order valence-electron chi connectivity index (χ0n) is 10.4. The minimum Gasteiger partial charge on any atom is -0.307 e. The predicted molar refractivity (Wildman–Crippen MR) is 70.2 cm³/mol. The average molecular weight is 282 g/mol. The number of rotatable bonds is 8. The number of hydrogen-bond acceptors (Lipinski definition) is 4. The molecule has 100 valence electrons. The second-order valence-electron chi connectivity index (χ2n) is 4.19. The summed E-state index contributed by atoms with van der Waals surface area (Å²) in [6.45, 7) is 7.65. The number of allylic oxidation sites excluding steroid dienone is 1. The molecule has 0 radical (unpaired) electrons. The van der Waals surface area contributed by atoms with Crippen molar-refractivity contribution < 1.29 is 13.7 Å². The van der Waals surface area contributed by atoms with Gasteiger partial charge in [-0.2, -0.15) is 5.06 Å². The van der Waals surface area contributed by atoms with Crippen molar-refractivity contribution in [1.82, 2.24) is 5.06 Å². The van der Waals surface area contributed by atoms with Gasteiger partial charge >= 0.3 is 7.60 Å². The molecule has 6 heteroatoms. The molecule has 4 nitrogen and oxygen atoms in total. The van der Waals surface area contributed by atoms with E-state index >= 15 is 0 Å². The molecule has 0 aromatic heterocycles. The largest absolute Gasteiger partial charge is 0.352 e. The molecule has 0 saturated carbocycles. The first kappa shape index (κ1) is 15.2. The Kier molecular flexibility index (Phi) is 6.75. The van der Waals surface area contributed by atoms with Crippen LogP contribution in [0.5, 0.6) is 0 Å². The standard InChI is InChI=1S/C11H21ClNO3P/c1-3-4-9-15-17(14,10-11(2)12)16-13-7-5-6-8-13/h2-10H2,1H3. The Hall–Kier alpha value is 0.140. The van der Waals surface area contributed by atoms with Crippen LogP contribution in [0.1, 0.15) is 32.6 Å². The number of halogens is 1. The number of hydroxylamine groups is 2. The van der Waals surface area contributed by atoms with E-state index < -0.39 is 7.60 Å². The first-order chi connectivity index (χ1) is 8.06. The Labute approximate surface area is 108 Å². The molecule has 0 amide bonds. The Morgan fingerprint density at radius 3 is 2.65 bits per heavy atom. The maximum Gasteiger partial charge on any atom is 0.352 e. The predicted octanol–water partition coefficient (Wildman–Crippen LogP) is 3.78. The van der Waals surface area contributed by atoms with E-state index in [1.54, 1.807) is 5.06 Å². The highest BCUT2D eigenvalue weighted by Crippen LogP contribution is 2.51. The van der Waals surface area contributed by atoms with E-state index in [-0.39, 0.29) is 6.16 Å². The van der Waals surface area contributed by atoms with Crippen LogP contribution in [0, 0.1) is 0 Å². The molecule has 1 fully saturated rings. The summed E-state index contributed by atoms with van der Waals surface area (Å²) in [5, 5.41) is 2.02. The van der Waals surface area contributed by atoms with Crippen LogP contribution < -0.4 is 0 Å². The van der Waals surface area contributed by atoms with Crippen molar-refractivity contribution in [1.29, 1.82) is 0 Å². The Morgan fingerprint density at radius 1 is 1.47 bits per heavy atom. The lowest BCUT2D eigenvalue weighted by molar-refractivity contribution is -0.0494. The molecular formula is C11H21ClNO3P. The van der Waals surface area contributed by atoms with Crippen molar-refractivity contribution in [2.75, 3.05) is 25.9 Å². The monoisotopic (exact) mass is 281 g/mol. The molecule has 0 aromatic carbocycles. The van der Waals surface area contributed by atoms with Crippen molar-refractivity contribution >= 4 is 19.2 Å². The van der Waals surface area contributed by atoms with Crippen molar-refractivity contribution in [3.05, 3.63) is 11.6 Å². The first-order valence-corrected chi connectivity index (χ1v) is 8.18. The molecule has 0 spiro atoms. The van der Waals surface area contributed by atoms with Crippen LogP contribution in [0.3, 0.4) is 0 Å². The van der Waals surface area contributed by atoms with Crippen molar-refractivity contribution in [3.8, 4) is 0 Å². The SMILES string of the molecule is C=C(Cl)CP(=O)(OCCCC)ON1CCCC1. The minimum absolute atomic E-state index is 0.0781. The Bertz CT molecular complexity index is 292. The van der Waals surface area contributed by atoms with E-state index in [0.717, 1.165) is 38.8 Å². The summed E-state index contributed by atoms with van der Waals surface area (Å²) in [7, 11) is -3.16. The zero-order valence-corrected chi connectivity index (χ0v) is 12.0. The van der Waals surface area contributed by atoms with E-state index in [0.29, 0.717) is 11.6 Å². The third-order valence-corrected chi connectivity index (χ3v) is 4.60. The highest BCUT2D eigenvalue weighted by atomic mass is 35.5. The van der Waals surface area contributed by atoms with Gasteiger partial charge in [-0.1, -0.05) is 31.5 Å². The topological polar surface area (TPSA) is 38.8 Å². The van der Waals surface area contributed by atoms with Gasteiger partial charge in [0.15, 0.2) is 0 Å². The number of unbranched alkanes of at least 4 members (excludes halogenated alkanes) is 1. The second-order valence-corrected chi connectivity index (χ2v) is 6.68. The van der Waals surface area contributed by atoms with Crippen molar-refractivity contribution in [3.63, 3.8) is 0 Å². The van der Waals surface area contributed by atoms with Gasteiger partial charge in [0.05, 0.1) is 12.8 Å². The summed E-state index contributed by atoms with van der Waals surface area (Å²) >= 11 is 5.72. The molecule has 1 atom stereocenters. The van der Waals surface area contributed by atoms with E-state index in [9.17, 15) is 4.57 Å². The molecule has 1 aliphatic heterocycles. The highest BCUT2D eigenvalue weighted by Gasteiger charge is 2.30. The molecule has 1 rings (SSSR count). The lowest BCUT2D eigenvalue weighted by Crippen LogP contribution is -2.20. The Morgan fingerprint density at radius 2 is 2.12 bits per heavy atom. The summed E-state index contributed by atoms with van der Waals surface area (Å²) in [5.74, 6) is 0. The highest BCUT2D eigenvalue weighted by molar-refractivity contribution is 7.54. The molecule has 0 N–H and O–H groups in total. The molecule has 17 heavy (non-hydrogen) atoms. The molecule has 1 unspecified atom stereocenters. The van der Waals surface area contributed by atoms with E-state index in [2.05, 4.69) is 13.5 Å². The summed E-state index contributed by atoms with van der Waals surface area (Å²) in [4.78, 5) is 0. The van der Waals surface area contributed by atoms with Gasteiger partial charge in [0.1, 0.15) is 0 Å². The smallest absolute Gasteiger partial charge is 0.307 e. The second kappa shape index (κ2) is 7.55. The molecule has 1 saturated heterocycles. The van der Waals surface area contributed by atoms with Crippen LogP contribution >= 0.6 is 19.2 Å². The first-order valence-electron chi connectivity index (χ1n) is 6.07. The lowest BCUT2D eigenvalue weighted by atomic mass is 10.4. The van der Waals surface area contributed by atoms with Crippen LogP contribution in [0.2, 0.25) is 0 Å². The third kappa shape index (κ3) is 6.03. The summed E-state index contributed by atoms with van der Waals surface area (Å²) in [6.07, 6.45) is 4.07. The van der Waals surface area contributed by atoms with Crippen molar-refractivity contribution in [2.24, 2.45) is 0 Å². The normalized spacial score (nSPS) is 20.4. The molecular weight excluding hydrogens is 261 g/mol. The average Bonchev–Trinajstić information content (AvgIpc) is 2.69. The van der Waals surface area contributed by atoms with Crippen molar-refractivity contribution in [2.45, 2.75) is 32.6 Å². The van der Waals surface area contributed by atoms with Crippen LogP contribution in [0.15, 0.2) is 11.6 Å². The van der Waals surface area contributed by atoms with E-state index in [1.165, 1.54) is 0 Å². The Balaban J connectivity index is 2.50. The van der Waals surface area contributed by atoms with Gasteiger partial charge in [-0.3, -0.25) is 4.57 Å². The summed E-state index contributed by atoms with van der Waals surface area (Å²) < 4.78 is 23.3. The summed E-state index contributed by atoms with van der Waals surface area (Å²) in [5.41, 5.74) is 0. The summed E-state index contributed by atoms with van der Waals surface area (Å²) in [6, 6.07) is 0. The molecule has 0 aliphatic carbocycles. The fourth-order valence-electron chi connectivity index (χ4n) is 1.60. The zero-order chi connectivity index (χ0) is 12.7. The van der Waals surface area contributed by atoms with Gasteiger partial charge in [0, 0.05) is 18.1 Å². The molecule has 1 heterocycles. The number of hydrogen-bond donors (Lipinski definition) is 0. The van der Waals surface area contributed by atoms with Crippen LogP contribution in [-0.2, 0) is 13.7 Å². The van der Waals surface area contributed by atoms with Gasteiger partial charge < -0.3 is 4.52 Å². The molecule has 0 aromatic rings. The van der Waals surface area contributed by atoms with Gasteiger partial charge in [-0.15, -0.1) is 0 Å².